The van der Waals surface area contributed by atoms with Crippen molar-refractivity contribution in [3.63, 3.8) is 0 Å². The van der Waals surface area contributed by atoms with Crippen LogP contribution < -0.4 is 14.8 Å². The minimum Gasteiger partial charge on any atom is -0.493 e. The van der Waals surface area contributed by atoms with Crippen molar-refractivity contribution in [3.05, 3.63) is 95.5 Å². The highest BCUT2D eigenvalue weighted by Crippen LogP contribution is 2.27. The highest BCUT2D eigenvalue weighted by atomic mass is 32.1. The van der Waals surface area contributed by atoms with Crippen molar-refractivity contribution in [2.75, 3.05) is 6.61 Å². The normalized spacial score (nSPS) is 10.8. The average Bonchev–Trinajstić information content (AvgIpc) is 3.33. The first-order valence-electron chi connectivity index (χ1n) is 10.9. The first-order chi connectivity index (χ1) is 16.1. The fourth-order valence-electron chi connectivity index (χ4n) is 3.11. The zero-order valence-corrected chi connectivity index (χ0v) is 19.5. The fourth-order valence-corrected chi connectivity index (χ4v) is 3.91. The summed E-state index contributed by atoms with van der Waals surface area (Å²) >= 11 is 1.44. The van der Waals surface area contributed by atoms with Gasteiger partial charge in [0.15, 0.2) is 0 Å². The minimum absolute atomic E-state index is 0.209. The van der Waals surface area contributed by atoms with Gasteiger partial charge in [0.25, 0.3) is 5.91 Å². The van der Waals surface area contributed by atoms with Gasteiger partial charge in [0, 0.05) is 17.5 Å². The molecule has 0 saturated heterocycles. The second kappa shape index (κ2) is 10.8. The molecule has 3 aromatic carbocycles. The van der Waals surface area contributed by atoms with Crippen LogP contribution in [0.4, 0.5) is 0 Å². The zero-order valence-electron chi connectivity index (χ0n) is 18.7. The lowest BCUT2D eigenvalue weighted by Gasteiger charge is -2.09. The predicted octanol–water partition coefficient (Wildman–Crippen LogP) is 6.57. The van der Waals surface area contributed by atoms with Gasteiger partial charge in [-0.2, -0.15) is 0 Å². The number of carbonyl (C=O) groups is 1. The molecule has 1 amide bonds. The molecule has 0 aliphatic heterocycles. The Kier molecular flexibility index (Phi) is 7.37. The molecule has 4 aromatic rings. The Labute approximate surface area is 198 Å². The van der Waals surface area contributed by atoms with Gasteiger partial charge in [-0.25, -0.2) is 4.98 Å². The molecule has 0 unspecified atom stereocenters. The summed E-state index contributed by atoms with van der Waals surface area (Å²) in [4.78, 5) is 17.2. The van der Waals surface area contributed by atoms with Gasteiger partial charge in [-0.05, 0) is 47.9 Å². The lowest BCUT2D eigenvalue weighted by molar-refractivity contribution is 0.0946. The molecule has 0 fully saturated rings. The predicted molar refractivity (Wildman–Crippen MR) is 132 cm³/mol. The molecule has 0 atom stereocenters. The number of nitrogens with one attached hydrogen (secondary N) is 1. The van der Waals surface area contributed by atoms with Crippen LogP contribution in [0.5, 0.6) is 17.2 Å². The number of rotatable bonds is 9. The van der Waals surface area contributed by atoms with Gasteiger partial charge < -0.3 is 14.8 Å². The average molecular weight is 459 g/mol. The largest absolute Gasteiger partial charge is 0.493 e. The van der Waals surface area contributed by atoms with E-state index in [9.17, 15) is 4.79 Å². The van der Waals surface area contributed by atoms with E-state index in [2.05, 4.69) is 24.1 Å². The van der Waals surface area contributed by atoms with Crippen molar-refractivity contribution in [2.24, 2.45) is 5.92 Å². The first-order valence-corrected chi connectivity index (χ1v) is 11.7. The number of hydrogen-bond acceptors (Lipinski definition) is 5. The number of thiazole rings is 1. The summed E-state index contributed by atoms with van der Waals surface area (Å²) in [6.45, 7) is 5.27. The van der Waals surface area contributed by atoms with Crippen LogP contribution in [0.25, 0.3) is 10.6 Å². The molecule has 33 heavy (non-hydrogen) atoms. The van der Waals surface area contributed by atoms with E-state index in [1.54, 1.807) is 5.38 Å². The summed E-state index contributed by atoms with van der Waals surface area (Å²) in [6, 6.07) is 25.1. The second-order valence-electron chi connectivity index (χ2n) is 8.02. The number of aromatic nitrogens is 1. The van der Waals surface area contributed by atoms with E-state index >= 15 is 0 Å². The van der Waals surface area contributed by atoms with Gasteiger partial charge in [-0.15, -0.1) is 11.3 Å². The molecule has 0 saturated carbocycles. The Hall–Kier alpha value is -3.64. The van der Waals surface area contributed by atoms with Crippen molar-refractivity contribution >= 4 is 17.2 Å². The van der Waals surface area contributed by atoms with E-state index in [0.717, 1.165) is 33.4 Å². The van der Waals surface area contributed by atoms with Gasteiger partial charge in [0.1, 0.15) is 28.0 Å². The summed E-state index contributed by atoms with van der Waals surface area (Å²) in [5.41, 5.74) is 2.29. The third-order valence-electron chi connectivity index (χ3n) is 4.73. The van der Waals surface area contributed by atoms with E-state index in [1.165, 1.54) is 11.3 Å². The summed E-state index contributed by atoms with van der Waals surface area (Å²) < 4.78 is 11.7. The topological polar surface area (TPSA) is 60.5 Å². The number of benzene rings is 3. The number of nitrogens with zero attached hydrogens (tertiary/aromatic N) is 1. The maximum atomic E-state index is 12.7. The van der Waals surface area contributed by atoms with Crippen LogP contribution in [0.2, 0.25) is 0 Å². The van der Waals surface area contributed by atoms with Crippen LogP contribution in [-0.2, 0) is 6.54 Å². The van der Waals surface area contributed by atoms with Crippen molar-refractivity contribution in [1.29, 1.82) is 0 Å². The van der Waals surface area contributed by atoms with E-state index in [-0.39, 0.29) is 5.91 Å². The lowest BCUT2D eigenvalue weighted by atomic mass is 10.2. The molecule has 5 nitrogen and oxygen atoms in total. The van der Waals surface area contributed by atoms with Crippen LogP contribution >= 0.6 is 11.3 Å². The van der Waals surface area contributed by atoms with Gasteiger partial charge in [0.05, 0.1) is 6.61 Å². The van der Waals surface area contributed by atoms with Gasteiger partial charge in [-0.3, -0.25) is 4.79 Å². The number of hydrogen-bond donors (Lipinski definition) is 1. The number of para-hydroxylation sites is 1. The quantitative estimate of drug-likeness (QED) is 0.308. The third-order valence-corrected chi connectivity index (χ3v) is 5.62. The lowest BCUT2D eigenvalue weighted by Crippen LogP contribution is -2.23. The number of ether oxygens (including phenoxy) is 2. The molecule has 6 heteroatoms. The molecular weight excluding hydrogens is 432 g/mol. The molecule has 0 spiro atoms. The van der Waals surface area contributed by atoms with Gasteiger partial charge in [0.2, 0.25) is 0 Å². The summed E-state index contributed by atoms with van der Waals surface area (Å²) in [7, 11) is 0. The van der Waals surface area contributed by atoms with E-state index in [0.29, 0.717) is 24.8 Å². The number of carbonyl (C=O) groups excluding carboxylic acids is 1. The molecule has 168 valence electrons. The van der Waals surface area contributed by atoms with Crippen molar-refractivity contribution in [1.82, 2.24) is 10.3 Å². The minimum atomic E-state index is -0.209. The summed E-state index contributed by atoms with van der Waals surface area (Å²) in [6.07, 6.45) is 0. The third kappa shape index (κ3) is 6.43. The summed E-state index contributed by atoms with van der Waals surface area (Å²) in [5.74, 6) is 2.55. The van der Waals surface area contributed by atoms with E-state index in [4.69, 9.17) is 9.47 Å². The van der Waals surface area contributed by atoms with E-state index in [1.807, 2.05) is 78.9 Å². The van der Waals surface area contributed by atoms with E-state index < -0.39 is 0 Å². The monoisotopic (exact) mass is 458 g/mol. The molecule has 0 bridgehead atoms. The van der Waals surface area contributed by atoms with Crippen LogP contribution in [0.15, 0.2) is 84.2 Å². The molecule has 0 aliphatic rings. The van der Waals surface area contributed by atoms with Crippen LogP contribution in [0.3, 0.4) is 0 Å². The fraction of sp³-hybridized carbons (Fsp3) is 0.185. The zero-order chi connectivity index (χ0) is 23.0. The van der Waals surface area contributed by atoms with Gasteiger partial charge in [-0.1, -0.05) is 56.3 Å². The molecule has 0 aliphatic carbocycles. The van der Waals surface area contributed by atoms with Crippen LogP contribution in [0, 0.1) is 5.92 Å². The van der Waals surface area contributed by atoms with Crippen LogP contribution in [0.1, 0.15) is 29.9 Å². The molecule has 0 radical (unpaired) electrons. The smallest absolute Gasteiger partial charge is 0.271 e. The maximum Gasteiger partial charge on any atom is 0.271 e. The number of amides is 1. The Bertz CT molecular complexity index is 1200. The summed E-state index contributed by atoms with van der Waals surface area (Å²) in [5, 5.41) is 5.50. The Morgan fingerprint density at radius 2 is 1.70 bits per heavy atom. The Morgan fingerprint density at radius 3 is 2.52 bits per heavy atom. The molecule has 1 heterocycles. The van der Waals surface area contributed by atoms with Crippen molar-refractivity contribution in [3.8, 4) is 27.8 Å². The van der Waals surface area contributed by atoms with Gasteiger partial charge >= 0.3 is 0 Å². The highest BCUT2D eigenvalue weighted by Gasteiger charge is 2.12. The first kappa shape index (κ1) is 22.6. The highest BCUT2D eigenvalue weighted by molar-refractivity contribution is 7.13. The second-order valence-corrected chi connectivity index (χ2v) is 8.87. The molecule has 4 rings (SSSR count). The van der Waals surface area contributed by atoms with Crippen molar-refractivity contribution in [2.45, 2.75) is 20.4 Å². The SMILES string of the molecule is CC(C)COc1cccc(-c2nc(C(=O)NCc3cccc(Oc4ccccc4)c3)cs2)c1. The molecule has 1 N–H and O–H groups in total. The molecule has 1 aromatic heterocycles. The molecular formula is C27H26N2O3S. The van der Waals surface area contributed by atoms with Crippen LogP contribution in [-0.4, -0.2) is 17.5 Å². The van der Waals surface area contributed by atoms with Crippen molar-refractivity contribution < 1.29 is 14.3 Å². The Balaban J connectivity index is 1.37. The maximum absolute atomic E-state index is 12.7. The Morgan fingerprint density at radius 1 is 0.939 bits per heavy atom. The standard InChI is InChI=1S/C27H26N2O3S/c1-19(2)17-31-23-12-7-9-21(15-23)27-29-25(18-33-27)26(30)28-16-20-8-6-13-24(14-20)32-22-10-4-3-5-11-22/h3-15,18-19H,16-17H2,1-2H3,(H,28,30).